The number of nitrogens with zero attached hydrogens (tertiary/aromatic N) is 1. The molecule has 7 nitrogen and oxygen atoms in total. The van der Waals surface area contributed by atoms with Gasteiger partial charge in [0.1, 0.15) is 0 Å². The zero-order valence-electron chi connectivity index (χ0n) is 19.9. The van der Waals surface area contributed by atoms with Gasteiger partial charge in [-0.15, -0.1) is 0 Å². The van der Waals surface area contributed by atoms with Crippen molar-refractivity contribution in [3.8, 4) is 17.2 Å². The first-order valence-electron chi connectivity index (χ1n) is 11.4. The summed E-state index contributed by atoms with van der Waals surface area (Å²) in [5.41, 5.74) is 4.88. The fraction of sp³-hybridized carbons (Fsp3) is 0.214. The standard InChI is InChI=1S/C28H26N2O5/c1-17-9-10-20(13-22(17)29-28(32)18-7-5-4-6-8-18)25(31)23-15-21-19(11-12-30(23)2)14-24-27(26(21)33-3)35-16-34-24/h4-10,13-15H,11-12,16H2,1-3H3,(H,29,32). The molecule has 0 fully saturated rings. The molecule has 7 heteroatoms. The van der Waals surface area contributed by atoms with E-state index in [-0.39, 0.29) is 18.5 Å². The molecule has 35 heavy (non-hydrogen) atoms. The molecule has 0 unspecified atom stereocenters. The smallest absolute Gasteiger partial charge is 0.255 e. The van der Waals surface area contributed by atoms with Gasteiger partial charge in [0.05, 0.1) is 12.8 Å². The maximum atomic E-state index is 13.7. The van der Waals surface area contributed by atoms with Crippen molar-refractivity contribution in [1.29, 1.82) is 0 Å². The van der Waals surface area contributed by atoms with E-state index in [4.69, 9.17) is 14.2 Å². The van der Waals surface area contributed by atoms with Crippen LogP contribution in [0.3, 0.4) is 0 Å². The largest absolute Gasteiger partial charge is 0.492 e. The second-order valence-corrected chi connectivity index (χ2v) is 8.60. The van der Waals surface area contributed by atoms with Gasteiger partial charge in [0, 0.05) is 36.0 Å². The van der Waals surface area contributed by atoms with E-state index in [9.17, 15) is 9.59 Å². The molecule has 2 aliphatic rings. The molecule has 0 bridgehead atoms. The van der Waals surface area contributed by atoms with Gasteiger partial charge in [-0.25, -0.2) is 0 Å². The van der Waals surface area contributed by atoms with E-state index in [2.05, 4.69) is 5.32 Å². The molecule has 2 aliphatic heterocycles. The van der Waals surface area contributed by atoms with E-state index < -0.39 is 0 Å². The first-order valence-corrected chi connectivity index (χ1v) is 11.4. The predicted octanol–water partition coefficient (Wildman–Crippen LogP) is 4.70. The normalized spacial score (nSPS) is 14.0. The average Bonchev–Trinajstić information content (AvgIpc) is 3.28. The Kier molecular flexibility index (Phi) is 5.91. The highest BCUT2D eigenvalue weighted by Gasteiger charge is 2.28. The molecule has 0 aliphatic carbocycles. The van der Waals surface area contributed by atoms with Crippen LogP contribution in [0.2, 0.25) is 0 Å². The molecule has 3 aromatic rings. The van der Waals surface area contributed by atoms with Crippen molar-refractivity contribution in [1.82, 2.24) is 4.90 Å². The molecule has 3 aromatic carbocycles. The van der Waals surface area contributed by atoms with E-state index in [0.29, 0.717) is 46.3 Å². The number of carbonyl (C=O) groups is 2. The molecule has 0 saturated carbocycles. The van der Waals surface area contributed by atoms with Crippen molar-refractivity contribution in [2.45, 2.75) is 13.3 Å². The third-order valence-electron chi connectivity index (χ3n) is 6.37. The molecule has 178 valence electrons. The molecule has 0 radical (unpaired) electrons. The lowest BCUT2D eigenvalue weighted by molar-refractivity contribution is 0.0997. The van der Waals surface area contributed by atoms with Crippen molar-refractivity contribution in [3.05, 3.63) is 88.1 Å². The maximum absolute atomic E-state index is 13.7. The fourth-order valence-corrected chi connectivity index (χ4v) is 4.37. The first kappa shape index (κ1) is 22.5. The van der Waals surface area contributed by atoms with Gasteiger partial charge in [0.25, 0.3) is 5.91 Å². The van der Waals surface area contributed by atoms with Gasteiger partial charge in [0.15, 0.2) is 11.5 Å². The third-order valence-corrected chi connectivity index (χ3v) is 6.37. The van der Waals surface area contributed by atoms with Crippen LogP contribution in [0.25, 0.3) is 6.08 Å². The van der Waals surface area contributed by atoms with Crippen LogP contribution in [-0.4, -0.2) is 44.1 Å². The highest BCUT2D eigenvalue weighted by molar-refractivity contribution is 6.12. The van der Waals surface area contributed by atoms with Crippen molar-refractivity contribution < 1.29 is 23.8 Å². The molecular weight excluding hydrogens is 444 g/mol. The maximum Gasteiger partial charge on any atom is 0.255 e. The van der Waals surface area contributed by atoms with Gasteiger partial charge >= 0.3 is 0 Å². The number of likely N-dealkylation sites (N-methyl/N-ethyl adjacent to an activating group) is 1. The highest BCUT2D eigenvalue weighted by Crippen LogP contribution is 2.46. The summed E-state index contributed by atoms with van der Waals surface area (Å²) in [5, 5.41) is 2.94. The molecular formula is C28H26N2O5. The average molecular weight is 471 g/mol. The lowest BCUT2D eigenvalue weighted by Crippen LogP contribution is -2.24. The summed E-state index contributed by atoms with van der Waals surface area (Å²) in [6.07, 6.45) is 2.58. The summed E-state index contributed by atoms with van der Waals surface area (Å²) < 4.78 is 16.9. The Morgan fingerprint density at radius 1 is 1.03 bits per heavy atom. The second kappa shape index (κ2) is 9.18. The number of methoxy groups -OCH3 is 1. The van der Waals surface area contributed by atoms with E-state index >= 15 is 0 Å². The predicted molar refractivity (Wildman–Crippen MR) is 133 cm³/mol. The lowest BCUT2D eigenvalue weighted by Gasteiger charge is -2.20. The van der Waals surface area contributed by atoms with Crippen LogP contribution in [0, 0.1) is 6.92 Å². The van der Waals surface area contributed by atoms with Crippen molar-refractivity contribution >= 4 is 23.5 Å². The number of nitrogens with one attached hydrogen (secondary N) is 1. The summed E-state index contributed by atoms with van der Waals surface area (Å²) in [5.74, 6) is 1.41. The minimum atomic E-state index is -0.223. The number of rotatable bonds is 5. The molecule has 1 amide bonds. The number of benzene rings is 3. The zero-order valence-corrected chi connectivity index (χ0v) is 19.9. The van der Waals surface area contributed by atoms with E-state index in [1.54, 1.807) is 31.4 Å². The van der Waals surface area contributed by atoms with E-state index in [1.165, 1.54) is 0 Å². The quantitative estimate of drug-likeness (QED) is 0.545. The number of fused-ring (bicyclic) bond motifs is 2. The molecule has 0 saturated heterocycles. The Morgan fingerprint density at radius 3 is 2.60 bits per heavy atom. The number of hydrogen-bond acceptors (Lipinski definition) is 6. The number of hydrogen-bond donors (Lipinski definition) is 1. The number of aryl methyl sites for hydroxylation is 1. The van der Waals surface area contributed by atoms with Gasteiger partial charge in [-0.3, -0.25) is 9.59 Å². The SMILES string of the molecule is COc1c2c(cc3c1OCO3)CCN(C)C(C(=O)c1ccc(C)c(NC(=O)c3ccccc3)c1)=C2. The fourth-order valence-electron chi connectivity index (χ4n) is 4.37. The lowest BCUT2D eigenvalue weighted by atomic mass is 10.00. The minimum Gasteiger partial charge on any atom is -0.492 e. The summed E-state index contributed by atoms with van der Waals surface area (Å²) in [4.78, 5) is 28.3. The van der Waals surface area contributed by atoms with Gasteiger partial charge < -0.3 is 24.4 Å². The van der Waals surface area contributed by atoms with Crippen LogP contribution in [-0.2, 0) is 6.42 Å². The number of ether oxygens (including phenoxy) is 3. The molecule has 5 rings (SSSR count). The van der Waals surface area contributed by atoms with Gasteiger partial charge in [-0.2, -0.15) is 0 Å². The number of amides is 1. The van der Waals surface area contributed by atoms with Crippen molar-refractivity contribution in [3.63, 3.8) is 0 Å². The number of allylic oxidation sites excluding steroid dienone is 1. The topological polar surface area (TPSA) is 77.1 Å². The van der Waals surface area contributed by atoms with Crippen LogP contribution in [0.5, 0.6) is 17.2 Å². The number of Topliss-reactive ketones (excluding diaryl/α,β-unsaturated/α-hetero) is 1. The van der Waals surface area contributed by atoms with Crippen molar-refractivity contribution in [2.75, 3.05) is 32.8 Å². The zero-order chi connectivity index (χ0) is 24.5. The Balaban J connectivity index is 1.50. The summed E-state index contributed by atoms with van der Waals surface area (Å²) >= 11 is 0. The van der Waals surface area contributed by atoms with Crippen LogP contribution in [0.15, 0.2) is 60.3 Å². The van der Waals surface area contributed by atoms with Crippen molar-refractivity contribution in [2.24, 2.45) is 0 Å². The monoisotopic (exact) mass is 470 g/mol. The summed E-state index contributed by atoms with van der Waals surface area (Å²) in [6.45, 7) is 2.69. The molecule has 2 heterocycles. The Labute approximate surface area is 203 Å². The Hall–Kier alpha value is -4.26. The van der Waals surface area contributed by atoms with Gasteiger partial charge in [-0.05, 0) is 54.8 Å². The Bertz CT molecular complexity index is 1350. The Morgan fingerprint density at radius 2 is 1.83 bits per heavy atom. The number of anilines is 1. The first-order chi connectivity index (χ1) is 17.0. The van der Waals surface area contributed by atoms with Crippen LogP contribution in [0.1, 0.15) is 37.4 Å². The van der Waals surface area contributed by atoms with Crippen LogP contribution >= 0.6 is 0 Å². The van der Waals surface area contributed by atoms with Crippen LogP contribution < -0.4 is 19.5 Å². The molecule has 0 aromatic heterocycles. The molecule has 0 atom stereocenters. The summed E-state index contributed by atoms with van der Waals surface area (Å²) in [7, 11) is 3.48. The number of ketones is 1. The van der Waals surface area contributed by atoms with Gasteiger partial charge in [0.2, 0.25) is 18.3 Å². The van der Waals surface area contributed by atoms with E-state index in [1.807, 2.05) is 55.3 Å². The summed E-state index contributed by atoms with van der Waals surface area (Å²) in [6, 6.07) is 16.3. The highest BCUT2D eigenvalue weighted by atomic mass is 16.7. The molecule has 1 N–H and O–H groups in total. The van der Waals surface area contributed by atoms with E-state index in [0.717, 1.165) is 23.1 Å². The third kappa shape index (κ3) is 4.21. The minimum absolute atomic E-state index is 0.143. The number of carbonyl (C=O) groups excluding carboxylic acids is 2. The van der Waals surface area contributed by atoms with Gasteiger partial charge in [-0.1, -0.05) is 30.3 Å². The molecule has 0 spiro atoms. The second-order valence-electron chi connectivity index (χ2n) is 8.60. The van der Waals surface area contributed by atoms with Crippen LogP contribution in [0.4, 0.5) is 5.69 Å².